The van der Waals surface area contributed by atoms with Crippen LogP contribution in [0.2, 0.25) is 5.02 Å². The Morgan fingerprint density at radius 1 is 1.40 bits per heavy atom. The Balaban J connectivity index is 2.08. The van der Waals surface area contributed by atoms with Gasteiger partial charge in [-0.15, -0.1) is 0 Å². The first-order valence-corrected chi connectivity index (χ1v) is 7.44. The summed E-state index contributed by atoms with van der Waals surface area (Å²) >= 11 is 9.26. The monoisotopic (exact) mass is 352 g/mol. The molecule has 1 aromatic carbocycles. The molecule has 2 rings (SSSR count). The van der Waals surface area contributed by atoms with Crippen molar-refractivity contribution in [2.24, 2.45) is 0 Å². The highest BCUT2D eigenvalue weighted by atomic mass is 79.9. The van der Waals surface area contributed by atoms with Gasteiger partial charge in [0.25, 0.3) is 5.91 Å². The van der Waals surface area contributed by atoms with Gasteiger partial charge in [-0.2, -0.15) is 0 Å². The molecule has 1 heterocycles. The molecule has 20 heavy (non-hydrogen) atoms. The number of aromatic nitrogens is 1. The minimum atomic E-state index is -0.166. The molecule has 1 aromatic heterocycles. The van der Waals surface area contributed by atoms with E-state index in [1.54, 1.807) is 24.4 Å². The van der Waals surface area contributed by atoms with E-state index in [4.69, 9.17) is 11.6 Å². The molecular weight excluding hydrogens is 340 g/mol. The molecule has 0 aliphatic heterocycles. The van der Waals surface area contributed by atoms with Gasteiger partial charge in [-0.3, -0.25) is 9.78 Å². The van der Waals surface area contributed by atoms with E-state index < -0.39 is 0 Å². The summed E-state index contributed by atoms with van der Waals surface area (Å²) < 4.78 is 0.780. The van der Waals surface area contributed by atoms with Gasteiger partial charge in [-0.05, 0) is 36.2 Å². The minimum Gasteiger partial charge on any atom is -0.346 e. The number of pyridine rings is 1. The number of carbonyl (C=O) groups is 1. The van der Waals surface area contributed by atoms with Gasteiger partial charge in [0, 0.05) is 21.3 Å². The Labute approximate surface area is 131 Å². The first-order valence-electron chi connectivity index (χ1n) is 6.27. The van der Waals surface area contributed by atoms with Crippen LogP contribution < -0.4 is 5.32 Å². The van der Waals surface area contributed by atoms with Crippen LogP contribution in [0.3, 0.4) is 0 Å². The summed E-state index contributed by atoms with van der Waals surface area (Å²) in [5.41, 5.74) is 2.56. The Morgan fingerprint density at radius 3 is 2.90 bits per heavy atom. The van der Waals surface area contributed by atoms with Crippen LogP contribution in [-0.4, -0.2) is 10.9 Å². The van der Waals surface area contributed by atoms with Gasteiger partial charge < -0.3 is 5.32 Å². The van der Waals surface area contributed by atoms with Crippen LogP contribution in [0.15, 0.2) is 41.0 Å². The fraction of sp³-hybridized carbons (Fsp3) is 0.200. The van der Waals surface area contributed by atoms with E-state index in [1.165, 1.54) is 0 Å². The van der Waals surface area contributed by atoms with Crippen molar-refractivity contribution in [3.63, 3.8) is 0 Å². The van der Waals surface area contributed by atoms with Gasteiger partial charge in [0.05, 0.1) is 12.2 Å². The number of hydrogen-bond donors (Lipinski definition) is 1. The maximum absolute atomic E-state index is 12.1. The molecule has 0 fully saturated rings. The molecular formula is C15H14BrClN2O. The molecule has 0 atom stereocenters. The number of nitrogens with zero attached hydrogens (tertiary/aromatic N) is 1. The Morgan fingerprint density at radius 2 is 2.20 bits per heavy atom. The van der Waals surface area contributed by atoms with E-state index in [0.29, 0.717) is 17.1 Å². The zero-order valence-electron chi connectivity index (χ0n) is 11.0. The average Bonchev–Trinajstić information content (AvgIpc) is 2.44. The van der Waals surface area contributed by atoms with Crippen LogP contribution in [-0.2, 0) is 13.0 Å². The van der Waals surface area contributed by atoms with Crippen molar-refractivity contribution in [3.8, 4) is 0 Å². The third-order valence-corrected chi connectivity index (χ3v) is 3.58. The first kappa shape index (κ1) is 15.0. The second kappa shape index (κ2) is 6.86. The summed E-state index contributed by atoms with van der Waals surface area (Å²) in [6.45, 7) is 2.48. The summed E-state index contributed by atoms with van der Waals surface area (Å²) in [7, 11) is 0. The van der Waals surface area contributed by atoms with Crippen LogP contribution in [0, 0.1) is 0 Å². The van der Waals surface area contributed by atoms with Crippen molar-refractivity contribution < 1.29 is 4.79 Å². The molecule has 0 radical (unpaired) electrons. The quantitative estimate of drug-likeness (QED) is 0.903. The van der Waals surface area contributed by atoms with Gasteiger partial charge in [0.1, 0.15) is 0 Å². The predicted octanol–water partition coefficient (Wildman–Crippen LogP) is 3.99. The molecule has 0 saturated heterocycles. The summed E-state index contributed by atoms with van der Waals surface area (Å²) in [5, 5.41) is 3.39. The number of benzene rings is 1. The molecule has 0 aliphatic rings. The van der Waals surface area contributed by atoms with Gasteiger partial charge in [0.15, 0.2) is 0 Å². The summed E-state index contributed by atoms with van der Waals surface area (Å²) in [6.07, 6.45) is 2.62. The van der Waals surface area contributed by atoms with E-state index in [1.807, 2.05) is 12.1 Å². The lowest BCUT2D eigenvalue weighted by molar-refractivity contribution is 0.0950. The van der Waals surface area contributed by atoms with E-state index >= 15 is 0 Å². The summed E-state index contributed by atoms with van der Waals surface area (Å²) in [4.78, 5) is 16.4. The molecule has 0 bridgehead atoms. The standard InChI is InChI=1S/C15H14BrClN2O/c1-2-10-4-3-5-18-14(10)9-19-15(20)11-6-12(16)8-13(17)7-11/h3-8H,2,9H2,1H3,(H,19,20). The lowest BCUT2D eigenvalue weighted by Gasteiger charge is -2.09. The maximum Gasteiger partial charge on any atom is 0.251 e. The predicted molar refractivity (Wildman–Crippen MR) is 83.9 cm³/mol. The second-order valence-electron chi connectivity index (χ2n) is 4.30. The second-order valence-corrected chi connectivity index (χ2v) is 5.66. The Kier molecular flexibility index (Phi) is 5.15. The van der Waals surface area contributed by atoms with Gasteiger partial charge in [-0.1, -0.05) is 40.5 Å². The lowest BCUT2D eigenvalue weighted by Crippen LogP contribution is -2.24. The number of aryl methyl sites for hydroxylation is 1. The van der Waals surface area contributed by atoms with E-state index in [-0.39, 0.29) is 5.91 Å². The van der Waals surface area contributed by atoms with Crippen LogP contribution in [0.5, 0.6) is 0 Å². The minimum absolute atomic E-state index is 0.166. The number of carbonyl (C=O) groups excluding carboxylic acids is 1. The molecule has 0 spiro atoms. The Hall–Kier alpha value is -1.39. The zero-order chi connectivity index (χ0) is 14.5. The molecule has 0 saturated carbocycles. The van der Waals surface area contributed by atoms with E-state index in [2.05, 4.69) is 33.2 Å². The van der Waals surface area contributed by atoms with Crippen molar-refractivity contribution in [3.05, 3.63) is 62.8 Å². The smallest absolute Gasteiger partial charge is 0.251 e. The molecule has 0 aliphatic carbocycles. The van der Waals surface area contributed by atoms with Crippen molar-refractivity contribution in [2.45, 2.75) is 19.9 Å². The third kappa shape index (κ3) is 3.81. The topological polar surface area (TPSA) is 42.0 Å². The highest BCUT2D eigenvalue weighted by Crippen LogP contribution is 2.19. The van der Waals surface area contributed by atoms with Gasteiger partial charge in [0.2, 0.25) is 0 Å². The molecule has 5 heteroatoms. The van der Waals surface area contributed by atoms with Crippen molar-refractivity contribution >= 4 is 33.4 Å². The fourth-order valence-electron chi connectivity index (χ4n) is 1.90. The van der Waals surface area contributed by atoms with E-state index in [0.717, 1.165) is 22.2 Å². The largest absolute Gasteiger partial charge is 0.346 e. The maximum atomic E-state index is 12.1. The van der Waals surface area contributed by atoms with Crippen LogP contribution in [0.4, 0.5) is 0 Å². The first-order chi connectivity index (χ1) is 9.60. The number of hydrogen-bond acceptors (Lipinski definition) is 2. The third-order valence-electron chi connectivity index (χ3n) is 2.91. The SMILES string of the molecule is CCc1cccnc1CNC(=O)c1cc(Cl)cc(Br)c1. The highest BCUT2D eigenvalue weighted by Gasteiger charge is 2.09. The molecule has 3 nitrogen and oxygen atoms in total. The molecule has 104 valence electrons. The molecule has 1 N–H and O–H groups in total. The summed E-state index contributed by atoms with van der Waals surface area (Å²) in [5.74, 6) is -0.166. The summed E-state index contributed by atoms with van der Waals surface area (Å²) in [6, 6.07) is 9.04. The molecule has 0 unspecified atom stereocenters. The molecule has 1 amide bonds. The normalized spacial score (nSPS) is 10.3. The van der Waals surface area contributed by atoms with Gasteiger partial charge >= 0.3 is 0 Å². The zero-order valence-corrected chi connectivity index (χ0v) is 13.3. The van der Waals surface area contributed by atoms with Crippen LogP contribution in [0.25, 0.3) is 0 Å². The van der Waals surface area contributed by atoms with Crippen molar-refractivity contribution in [1.82, 2.24) is 10.3 Å². The van der Waals surface area contributed by atoms with Crippen LogP contribution in [0.1, 0.15) is 28.5 Å². The highest BCUT2D eigenvalue weighted by molar-refractivity contribution is 9.10. The number of rotatable bonds is 4. The molecule has 2 aromatic rings. The number of amides is 1. The lowest BCUT2D eigenvalue weighted by atomic mass is 10.1. The fourth-order valence-corrected chi connectivity index (χ4v) is 2.76. The van der Waals surface area contributed by atoms with Crippen molar-refractivity contribution in [2.75, 3.05) is 0 Å². The van der Waals surface area contributed by atoms with Crippen molar-refractivity contribution in [1.29, 1.82) is 0 Å². The van der Waals surface area contributed by atoms with Gasteiger partial charge in [-0.25, -0.2) is 0 Å². The number of nitrogens with one attached hydrogen (secondary N) is 1. The Bertz CT molecular complexity index is 611. The number of halogens is 2. The van der Waals surface area contributed by atoms with Crippen LogP contribution >= 0.6 is 27.5 Å². The van der Waals surface area contributed by atoms with E-state index in [9.17, 15) is 4.79 Å². The average molecular weight is 354 g/mol.